The largest absolute Gasteiger partial charge is 0.353 e. The highest BCUT2D eigenvalue weighted by Gasteiger charge is 2.35. The Hall–Kier alpha value is -2.89. The number of aryl methyl sites for hydroxylation is 1. The average molecular weight is 335 g/mol. The molecule has 0 unspecified atom stereocenters. The second-order valence-electron chi connectivity index (χ2n) is 6.67. The molecule has 0 bridgehead atoms. The third kappa shape index (κ3) is 2.95. The molecule has 0 saturated carbocycles. The van der Waals surface area contributed by atoms with Gasteiger partial charge < -0.3 is 15.2 Å². The Morgan fingerprint density at radius 2 is 2.00 bits per heavy atom. The Morgan fingerprint density at radius 1 is 1.20 bits per heavy atom. The fraction of sp³-hybridized carbons (Fsp3) is 0.316. The highest BCUT2D eigenvalue weighted by Crippen LogP contribution is 2.33. The Balaban J connectivity index is 1.68. The minimum atomic E-state index is -0.00144. The van der Waals surface area contributed by atoms with Gasteiger partial charge >= 0.3 is 0 Å². The number of rotatable bonds is 3. The maximum absolute atomic E-state index is 11.7. The van der Waals surface area contributed by atoms with E-state index < -0.39 is 0 Å². The van der Waals surface area contributed by atoms with Crippen LogP contribution in [0, 0.1) is 6.92 Å². The van der Waals surface area contributed by atoms with E-state index in [2.05, 4.69) is 56.4 Å². The van der Waals surface area contributed by atoms with Crippen molar-refractivity contribution in [3.63, 3.8) is 0 Å². The minimum absolute atomic E-state index is 0.00144. The van der Waals surface area contributed by atoms with E-state index in [9.17, 15) is 4.79 Å². The van der Waals surface area contributed by atoms with E-state index in [1.807, 2.05) is 12.3 Å². The Kier molecular flexibility index (Phi) is 3.87. The van der Waals surface area contributed by atoms with Gasteiger partial charge in [0.15, 0.2) is 0 Å². The number of benzene rings is 1. The second kappa shape index (κ2) is 6.20. The fourth-order valence-electron chi connectivity index (χ4n) is 3.65. The predicted molar refractivity (Wildman–Crippen MR) is 97.6 cm³/mol. The Morgan fingerprint density at radius 3 is 2.76 bits per heavy atom. The summed E-state index contributed by atoms with van der Waals surface area (Å²) in [7, 11) is 0. The molecule has 1 aliphatic heterocycles. The Labute approximate surface area is 146 Å². The van der Waals surface area contributed by atoms with E-state index in [1.165, 1.54) is 11.1 Å². The lowest BCUT2D eigenvalue weighted by Crippen LogP contribution is -2.38. The van der Waals surface area contributed by atoms with Gasteiger partial charge in [0.05, 0.1) is 11.4 Å². The van der Waals surface area contributed by atoms with Crippen molar-refractivity contribution in [1.29, 1.82) is 0 Å². The van der Waals surface area contributed by atoms with Crippen LogP contribution in [0.25, 0.3) is 11.0 Å². The van der Waals surface area contributed by atoms with Crippen molar-refractivity contribution >= 4 is 22.8 Å². The first-order valence-electron chi connectivity index (χ1n) is 8.48. The smallest absolute Gasteiger partial charge is 0.217 e. The van der Waals surface area contributed by atoms with Crippen LogP contribution < -0.4 is 10.2 Å². The van der Waals surface area contributed by atoms with Gasteiger partial charge in [-0.1, -0.05) is 29.8 Å². The van der Waals surface area contributed by atoms with E-state index >= 15 is 0 Å². The maximum Gasteiger partial charge on any atom is 0.217 e. The molecule has 0 radical (unpaired) electrons. The molecule has 2 N–H and O–H groups in total. The van der Waals surface area contributed by atoms with Gasteiger partial charge in [0.25, 0.3) is 0 Å². The van der Waals surface area contributed by atoms with Crippen LogP contribution in [0.4, 0.5) is 5.82 Å². The number of carbonyl (C=O) groups is 1. The number of hydrogen-bond donors (Lipinski definition) is 2. The first kappa shape index (κ1) is 15.6. The summed E-state index contributed by atoms with van der Waals surface area (Å²) in [5.41, 5.74) is 3.31. The van der Waals surface area contributed by atoms with Gasteiger partial charge in [0.1, 0.15) is 17.8 Å². The third-order valence-electron chi connectivity index (χ3n) is 4.85. The first-order valence-corrected chi connectivity index (χ1v) is 8.48. The molecule has 2 aromatic heterocycles. The van der Waals surface area contributed by atoms with Crippen molar-refractivity contribution in [3.05, 3.63) is 54.0 Å². The number of aromatic nitrogens is 3. The normalized spacial score (nSPS) is 20.2. The van der Waals surface area contributed by atoms with Crippen molar-refractivity contribution in [2.24, 2.45) is 0 Å². The molecule has 0 aliphatic carbocycles. The van der Waals surface area contributed by atoms with Crippen molar-refractivity contribution in [1.82, 2.24) is 20.3 Å². The van der Waals surface area contributed by atoms with Crippen LogP contribution in [0.3, 0.4) is 0 Å². The predicted octanol–water partition coefficient (Wildman–Crippen LogP) is 2.37. The maximum atomic E-state index is 11.7. The van der Waals surface area contributed by atoms with Gasteiger partial charge in [-0.05, 0) is 18.6 Å². The highest BCUT2D eigenvalue weighted by atomic mass is 16.1. The number of hydrogen-bond acceptors (Lipinski definition) is 4. The topological polar surface area (TPSA) is 73.9 Å². The van der Waals surface area contributed by atoms with E-state index in [0.29, 0.717) is 0 Å². The summed E-state index contributed by atoms with van der Waals surface area (Å²) in [6.07, 6.45) is 3.46. The molecule has 3 aromatic rings. The SMILES string of the molecule is CC(=O)N[C@@H]1CN(c2ncnc3[nH]ccc23)C[C@H]1c1ccc(C)cc1. The van der Waals surface area contributed by atoms with E-state index in [1.54, 1.807) is 13.3 Å². The quantitative estimate of drug-likeness (QED) is 0.771. The molecular formula is C19H21N5O. The zero-order chi connectivity index (χ0) is 17.4. The molecule has 1 saturated heterocycles. The molecule has 6 heteroatoms. The van der Waals surface area contributed by atoms with Gasteiger partial charge in [-0.2, -0.15) is 0 Å². The number of nitrogens with one attached hydrogen (secondary N) is 2. The number of anilines is 1. The van der Waals surface area contributed by atoms with Crippen LogP contribution in [0.15, 0.2) is 42.9 Å². The second-order valence-corrected chi connectivity index (χ2v) is 6.67. The summed E-state index contributed by atoms with van der Waals surface area (Å²) >= 11 is 0. The summed E-state index contributed by atoms with van der Waals surface area (Å²) in [6.45, 7) is 5.20. The molecule has 4 rings (SSSR count). The molecule has 2 atom stereocenters. The fourth-order valence-corrected chi connectivity index (χ4v) is 3.65. The minimum Gasteiger partial charge on any atom is -0.353 e. The molecule has 6 nitrogen and oxygen atoms in total. The summed E-state index contributed by atoms with van der Waals surface area (Å²) in [4.78, 5) is 25.8. The van der Waals surface area contributed by atoms with Crippen molar-refractivity contribution in [2.75, 3.05) is 18.0 Å². The molecule has 1 aromatic carbocycles. The zero-order valence-electron chi connectivity index (χ0n) is 14.4. The number of fused-ring (bicyclic) bond motifs is 1. The summed E-state index contributed by atoms with van der Waals surface area (Å²) < 4.78 is 0. The van der Waals surface area contributed by atoms with Gasteiger partial charge in [-0.3, -0.25) is 4.79 Å². The summed E-state index contributed by atoms with van der Waals surface area (Å²) in [5, 5.41) is 4.12. The zero-order valence-corrected chi connectivity index (χ0v) is 14.4. The van der Waals surface area contributed by atoms with Gasteiger partial charge in [0.2, 0.25) is 5.91 Å². The number of nitrogens with zero attached hydrogens (tertiary/aromatic N) is 3. The Bertz CT molecular complexity index is 902. The molecule has 1 aliphatic rings. The molecule has 128 valence electrons. The van der Waals surface area contributed by atoms with Crippen molar-refractivity contribution in [3.8, 4) is 0 Å². The van der Waals surface area contributed by atoms with Gasteiger partial charge in [0, 0.05) is 32.1 Å². The van der Waals surface area contributed by atoms with Crippen LogP contribution in [0.1, 0.15) is 24.0 Å². The summed E-state index contributed by atoms with van der Waals surface area (Å²) in [6, 6.07) is 10.6. The molecule has 1 amide bonds. The van der Waals surface area contributed by atoms with Crippen LogP contribution in [0.5, 0.6) is 0 Å². The van der Waals surface area contributed by atoms with Gasteiger partial charge in [-0.25, -0.2) is 9.97 Å². The molecule has 1 fully saturated rings. The lowest BCUT2D eigenvalue weighted by Gasteiger charge is -2.19. The molecule has 3 heterocycles. The van der Waals surface area contributed by atoms with E-state index in [-0.39, 0.29) is 17.9 Å². The third-order valence-corrected chi connectivity index (χ3v) is 4.85. The van der Waals surface area contributed by atoms with E-state index in [4.69, 9.17) is 0 Å². The number of amides is 1. The van der Waals surface area contributed by atoms with Gasteiger partial charge in [-0.15, -0.1) is 0 Å². The number of carbonyl (C=O) groups excluding carboxylic acids is 1. The molecule has 0 spiro atoms. The molecular weight excluding hydrogens is 314 g/mol. The molecule has 25 heavy (non-hydrogen) atoms. The van der Waals surface area contributed by atoms with Crippen LogP contribution in [0.2, 0.25) is 0 Å². The lowest BCUT2D eigenvalue weighted by atomic mass is 9.93. The average Bonchev–Trinajstić information content (AvgIpc) is 3.21. The van der Waals surface area contributed by atoms with Crippen LogP contribution >= 0.6 is 0 Å². The van der Waals surface area contributed by atoms with E-state index in [0.717, 1.165) is 29.9 Å². The standard InChI is InChI=1S/C19H21N5O/c1-12-3-5-14(6-4-12)16-9-24(10-17(16)23-13(2)25)19-15-7-8-20-18(15)21-11-22-19/h3-8,11,16-17H,9-10H2,1-2H3,(H,23,25)(H,20,21,22)/t16-,17+/m0/s1. The van der Waals surface area contributed by atoms with Crippen LogP contribution in [-0.4, -0.2) is 40.0 Å². The highest BCUT2D eigenvalue weighted by molar-refractivity contribution is 5.87. The lowest BCUT2D eigenvalue weighted by molar-refractivity contribution is -0.119. The van der Waals surface area contributed by atoms with Crippen molar-refractivity contribution < 1.29 is 4.79 Å². The van der Waals surface area contributed by atoms with Crippen molar-refractivity contribution in [2.45, 2.75) is 25.8 Å². The number of H-pyrrole nitrogens is 1. The first-order chi connectivity index (χ1) is 12.1. The monoisotopic (exact) mass is 335 g/mol. The number of aromatic amines is 1. The summed E-state index contributed by atoms with van der Waals surface area (Å²) in [5.74, 6) is 1.14. The van der Waals surface area contributed by atoms with Crippen LogP contribution in [-0.2, 0) is 4.79 Å².